The lowest BCUT2D eigenvalue weighted by molar-refractivity contribution is -0.132. The van der Waals surface area contributed by atoms with E-state index in [1.165, 1.54) is 6.08 Å². The number of carbonyl (C=O) groups is 2. The Labute approximate surface area is 204 Å². The minimum absolute atomic E-state index is 0.0841. The molecule has 3 N–H and O–H groups in total. The zero-order chi connectivity index (χ0) is 24.0. The highest BCUT2D eigenvalue weighted by Crippen LogP contribution is 2.23. The van der Waals surface area contributed by atoms with Crippen LogP contribution in [-0.2, 0) is 9.59 Å². The molecule has 1 unspecified atom stereocenters. The smallest absolute Gasteiger partial charge is 0.246 e. The fraction of sp³-hybridized carbons (Fsp3) is 0.565. The molecule has 0 radical (unpaired) electrons. The number of amides is 2. The van der Waals surface area contributed by atoms with Gasteiger partial charge in [-0.25, -0.2) is 0 Å². The molecule has 2 aliphatic rings. The number of likely N-dealkylation sites (tertiary alicyclic amines) is 1. The average Bonchev–Trinajstić information content (AvgIpc) is 2.97. The molecule has 3 atom stereocenters. The summed E-state index contributed by atoms with van der Waals surface area (Å²) in [7, 11) is 0. The van der Waals surface area contributed by atoms with Crippen LogP contribution in [-0.4, -0.2) is 106 Å². The minimum Gasteiger partial charge on any atom is -0.395 e. The average molecular weight is 500 g/mol. The van der Waals surface area contributed by atoms with E-state index in [1.54, 1.807) is 34.1 Å². The van der Waals surface area contributed by atoms with Gasteiger partial charge in [0.2, 0.25) is 11.8 Å². The second-order valence-electron chi connectivity index (χ2n) is 8.59. The molecule has 0 spiro atoms. The van der Waals surface area contributed by atoms with Crippen molar-refractivity contribution >= 4 is 41.1 Å². The van der Waals surface area contributed by atoms with Gasteiger partial charge in [0.1, 0.15) is 0 Å². The van der Waals surface area contributed by atoms with Gasteiger partial charge in [-0.1, -0.05) is 29.3 Å². The molecule has 0 aliphatic carbocycles. The molecule has 8 nitrogen and oxygen atoms in total. The molecule has 0 bridgehead atoms. The first kappa shape index (κ1) is 25.9. The molecule has 0 saturated carbocycles. The predicted octanol–water partition coefficient (Wildman–Crippen LogP) is 1.25. The minimum atomic E-state index is -0.782. The Bertz CT molecular complexity index is 868. The summed E-state index contributed by atoms with van der Waals surface area (Å²) in [4.78, 5) is 30.4. The fourth-order valence-electron chi connectivity index (χ4n) is 4.26. The summed E-state index contributed by atoms with van der Waals surface area (Å²) in [5.41, 5.74) is 0.750. The van der Waals surface area contributed by atoms with Crippen LogP contribution in [0.3, 0.4) is 0 Å². The van der Waals surface area contributed by atoms with Crippen molar-refractivity contribution in [3.63, 3.8) is 0 Å². The Morgan fingerprint density at radius 3 is 2.67 bits per heavy atom. The van der Waals surface area contributed by atoms with Crippen LogP contribution in [0.5, 0.6) is 0 Å². The Kier molecular flexibility index (Phi) is 9.55. The highest BCUT2D eigenvalue weighted by molar-refractivity contribution is 6.42. The third-order valence-electron chi connectivity index (χ3n) is 6.16. The van der Waals surface area contributed by atoms with Gasteiger partial charge < -0.3 is 25.1 Å². The van der Waals surface area contributed by atoms with Gasteiger partial charge in [-0.05, 0) is 36.6 Å². The molecular formula is C23H31Cl2N3O5. The lowest BCUT2D eigenvalue weighted by atomic mass is 9.99. The molecule has 2 amide bonds. The van der Waals surface area contributed by atoms with E-state index in [9.17, 15) is 24.9 Å². The van der Waals surface area contributed by atoms with Gasteiger partial charge in [0.15, 0.2) is 0 Å². The number of aliphatic hydroxyl groups is 3. The summed E-state index contributed by atoms with van der Waals surface area (Å²) < 4.78 is 0. The highest BCUT2D eigenvalue weighted by Gasteiger charge is 2.30. The molecule has 10 heteroatoms. The van der Waals surface area contributed by atoms with Crippen LogP contribution in [0.2, 0.25) is 10.0 Å². The molecule has 2 fully saturated rings. The maximum atomic E-state index is 12.6. The van der Waals surface area contributed by atoms with Crippen molar-refractivity contribution in [2.45, 2.75) is 37.5 Å². The summed E-state index contributed by atoms with van der Waals surface area (Å²) in [6.45, 7) is 2.01. The van der Waals surface area contributed by atoms with Crippen LogP contribution >= 0.6 is 23.2 Å². The molecule has 1 aromatic rings. The number of hydrogen-bond acceptors (Lipinski definition) is 6. The molecule has 182 valence electrons. The third-order valence-corrected chi connectivity index (χ3v) is 6.90. The van der Waals surface area contributed by atoms with E-state index in [0.29, 0.717) is 55.6 Å². The Balaban J connectivity index is 1.51. The SMILES string of the molecule is O=C(C=Cc1ccc(Cl)c(Cl)c1)N1CCC(=O)N(CC(O)CN2CC[C@H](O)C[C@H]2CO)CC1. The van der Waals surface area contributed by atoms with Gasteiger partial charge in [-0.2, -0.15) is 0 Å². The van der Waals surface area contributed by atoms with Crippen molar-refractivity contribution in [2.24, 2.45) is 0 Å². The molecule has 3 rings (SSSR count). The van der Waals surface area contributed by atoms with E-state index in [0.717, 1.165) is 5.56 Å². The van der Waals surface area contributed by atoms with Gasteiger partial charge in [0, 0.05) is 57.8 Å². The van der Waals surface area contributed by atoms with Gasteiger partial charge in [0.05, 0.1) is 28.9 Å². The molecule has 1 aromatic carbocycles. The molecule has 0 aromatic heterocycles. The number of carbonyl (C=O) groups excluding carboxylic acids is 2. The monoisotopic (exact) mass is 499 g/mol. The van der Waals surface area contributed by atoms with Crippen molar-refractivity contribution in [3.8, 4) is 0 Å². The van der Waals surface area contributed by atoms with E-state index in [1.807, 2.05) is 4.90 Å². The standard InChI is InChI=1S/C23H31Cl2N3O5/c24-20-3-1-16(11-21(20)25)2-4-22(32)26-8-6-23(33)28(10-9-26)14-19(31)13-27-7-5-18(30)12-17(27)15-29/h1-4,11,17-19,29-31H,5-10,12-15H2/t17-,18-,19?/m0/s1. The number of β-amino-alcohol motifs (C(OH)–C–C–N with tert-alkyl or cyclic N) is 1. The number of halogens is 2. The normalized spacial score (nSPS) is 23.7. The lowest BCUT2D eigenvalue weighted by Crippen LogP contribution is -2.51. The maximum absolute atomic E-state index is 12.6. The summed E-state index contributed by atoms with van der Waals surface area (Å²) in [6, 6.07) is 4.90. The largest absolute Gasteiger partial charge is 0.395 e. The van der Waals surface area contributed by atoms with Crippen molar-refractivity contribution in [3.05, 3.63) is 39.9 Å². The summed E-state index contributed by atoms with van der Waals surface area (Å²) >= 11 is 11.9. The predicted molar refractivity (Wildman–Crippen MR) is 127 cm³/mol. The zero-order valence-corrected chi connectivity index (χ0v) is 20.0. The van der Waals surface area contributed by atoms with Crippen molar-refractivity contribution < 1.29 is 24.9 Å². The Hall–Kier alpha value is -1.68. The first-order chi connectivity index (χ1) is 15.8. The molecule has 2 saturated heterocycles. The quantitative estimate of drug-likeness (QED) is 0.487. The van der Waals surface area contributed by atoms with E-state index in [2.05, 4.69) is 0 Å². The number of hydrogen-bond donors (Lipinski definition) is 3. The molecule has 2 aliphatic heterocycles. The Morgan fingerprint density at radius 1 is 1.15 bits per heavy atom. The number of rotatable bonds is 7. The molecular weight excluding hydrogens is 469 g/mol. The topological polar surface area (TPSA) is 105 Å². The van der Waals surface area contributed by atoms with E-state index < -0.39 is 12.2 Å². The number of benzene rings is 1. The second-order valence-corrected chi connectivity index (χ2v) is 9.40. The number of aliphatic hydroxyl groups excluding tert-OH is 3. The summed E-state index contributed by atoms with van der Waals surface area (Å²) in [5.74, 6) is -0.306. The van der Waals surface area contributed by atoms with Gasteiger partial charge in [-0.3, -0.25) is 14.5 Å². The van der Waals surface area contributed by atoms with E-state index in [4.69, 9.17) is 23.2 Å². The first-order valence-corrected chi connectivity index (χ1v) is 11.9. The van der Waals surface area contributed by atoms with Crippen molar-refractivity contribution in [1.82, 2.24) is 14.7 Å². The zero-order valence-electron chi connectivity index (χ0n) is 18.4. The van der Waals surface area contributed by atoms with Gasteiger partial charge in [-0.15, -0.1) is 0 Å². The number of piperidine rings is 1. The van der Waals surface area contributed by atoms with Crippen LogP contribution in [0.15, 0.2) is 24.3 Å². The third kappa shape index (κ3) is 7.40. The van der Waals surface area contributed by atoms with Gasteiger partial charge in [0.25, 0.3) is 0 Å². The van der Waals surface area contributed by atoms with Crippen LogP contribution in [0.4, 0.5) is 0 Å². The first-order valence-electron chi connectivity index (χ1n) is 11.2. The Morgan fingerprint density at radius 2 is 1.94 bits per heavy atom. The maximum Gasteiger partial charge on any atom is 0.246 e. The molecule has 33 heavy (non-hydrogen) atoms. The summed E-state index contributed by atoms with van der Waals surface area (Å²) in [5, 5.41) is 30.8. The van der Waals surface area contributed by atoms with E-state index >= 15 is 0 Å². The fourth-order valence-corrected chi connectivity index (χ4v) is 4.57. The van der Waals surface area contributed by atoms with Crippen molar-refractivity contribution in [1.29, 1.82) is 0 Å². The highest BCUT2D eigenvalue weighted by atomic mass is 35.5. The number of nitrogens with zero attached hydrogens (tertiary/aromatic N) is 3. The van der Waals surface area contributed by atoms with Crippen LogP contribution in [0, 0.1) is 0 Å². The van der Waals surface area contributed by atoms with Crippen molar-refractivity contribution in [2.75, 3.05) is 45.9 Å². The molecule has 2 heterocycles. The van der Waals surface area contributed by atoms with Crippen LogP contribution in [0.25, 0.3) is 6.08 Å². The summed E-state index contributed by atoms with van der Waals surface area (Å²) in [6.07, 6.45) is 3.15. The van der Waals surface area contributed by atoms with Crippen LogP contribution < -0.4 is 0 Å². The van der Waals surface area contributed by atoms with Crippen LogP contribution in [0.1, 0.15) is 24.8 Å². The van der Waals surface area contributed by atoms with E-state index in [-0.39, 0.29) is 37.4 Å². The van der Waals surface area contributed by atoms with Gasteiger partial charge >= 0.3 is 0 Å². The lowest BCUT2D eigenvalue weighted by Gasteiger charge is -2.38. The second kappa shape index (κ2) is 12.1.